The summed E-state index contributed by atoms with van der Waals surface area (Å²) < 4.78 is 1.05. The smallest absolute Gasteiger partial charge is 0.291 e. The van der Waals surface area contributed by atoms with Crippen molar-refractivity contribution >= 4 is 34.8 Å². The van der Waals surface area contributed by atoms with Crippen molar-refractivity contribution < 1.29 is 9.59 Å². The number of carbonyl (C=O) groups is 2. The third-order valence-electron chi connectivity index (χ3n) is 4.51. The average Bonchev–Trinajstić information content (AvgIpc) is 2.70. The topological polar surface area (TPSA) is 93.1 Å². The summed E-state index contributed by atoms with van der Waals surface area (Å²) in [7, 11) is 0. The summed E-state index contributed by atoms with van der Waals surface area (Å²) in [6.07, 6.45) is 0.214. The molecule has 2 aromatic carbocycles. The van der Waals surface area contributed by atoms with Gasteiger partial charge in [-0.15, -0.1) is 0 Å². The molecule has 0 fully saturated rings. The van der Waals surface area contributed by atoms with Crippen LogP contribution in [0.25, 0.3) is 11.3 Å². The summed E-state index contributed by atoms with van der Waals surface area (Å²) in [5.41, 5.74) is 3.30. The van der Waals surface area contributed by atoms with Gasteiger partial charge in [-0.2, -0.15) is 5.10 Å². The molecule has 31 heavy (non-hydrogen) atoms. The van der Waals surface area contributed by atoms with Gasteiger partial charge in [0.25, 0.3) is 5.56 Å². The SMILES string of the molecule is CCC(=O)Nc1cc(-c2ccc(Cl)cc2)nn(CC(=O)Nc2cc(C)cc(C)c2)c1=O. The lowest BCUT2D eigenvalue weighted by Crippen LogP contribution is -2.32. The zero-order valence-electron chi connectivity index (χ0n) is 17.5. The van der Waals surface area contributed by atoms with Crippen molar-refractivity contribution in [1.82, 2.24) is 9.78 Å². The van der Waals surface area contributed by atoms with E-state index in [-0.39, 0.29) is 24.6 Å². The van der Waals surface area contributed by atoms with Crippen molar-refractivity contribution in [3.8, 4) is 11.3 Å². The minimum atomic E-state index is -0.560. The molecule has 1 heterocycles. The highest BCUT2D eigenvalue weighted by Crippen LogP contribution is 2.21. The molecule has 0 saturated heterocycles. The average molecular weight is 439 g/mol. The number of halogens is 1. The molecule has 0 bridgehead atoms. The van der Waals surface area contributed by atoms with Crippen LogP contribution in [0.5, 0.6) is 0 Å². The van der Waals surface area contributed by atoms with Gasteiger partial charge in [0.1, 0.15) is 12.2 Å². The third kappa shape index (κ3) is 5.79. The first-order chi connectivity index (χ1) is 14.7. The Bertz CT molecular complexity index is 1170. The molecule has 0 radical (unpaired) electrons. The van der Waals surface area contributed by atoms with Crippen LogP contribution in [0.15, 0.2) is 53.3 Å². The number of benzene rings is 2. The van der Waals surface area contributed by atoms with Gasteiger partial charge in [0.15, 0.2) is 0 Å². The summed E-state index contributed by atoms with van der Waals surface area (Å²) in [5, 5.41) is 10.3. The largest absolute Gasteiger partial charge is 0.324 e. The number of hydrogen-bond donors (Lipinski definition) is 2. The lowest BCUT2D eigenvalue weighted by Gasteiger charge is -2.12. The number of hydrogen-bond acceptors (Lipinski definition) is 4. The Labute approximate surface area is 185 Å². The number of carbonyl (C=O) groups excluding carboxylic acids is 2. The Morgan fingerprint density at radius 2 is 1.61 bits per heavy atom. The fourth-order valence-corrected chi connectivity index (χ4v) is 3.25. The van der Waals surface area contributed by atoms with E-state index in [0.29, 0.717) is 22.0 Å². The monoisotopic (exact) mass is 438 g/mol. The molecule has 0 atom stereocenters. The molecular weight excluding hydrogens is 416 g/mol. The number of nitrogens with zero attached hydrogens (tertiary/aromatic N) is 2. The van der Waals surface area contributed by atoms with E-state index < -0.39 is 11.5 Å². The predicted octanol–water partition coefficient (Wildman–Crippen LogP) is 4.17. The van der Waals surface area contributed by atoms with E-state index in [1.54, 1.807) is 31.2 Å². The van der Waals surface area contributed by atoms with Crippen LogP contribution in [0.2, 0.25) is 5.02 Å². The van der Waals surface area contributed by atoms with E-state index >= 15 is 0 Å². The van der Waals surface area contributed by atoms with Gasteiger partial charge >= 0.3 is 0 Å². The number of nitrogens with one attached hydrogen (secondary N) is 2. The number of rotatable bonds is 6. The quantitative estimate of drug-likeness (QED) is 0.604. The molecule has 0 spiro atoms. The maximum Gasteiger partial charge on any atom is 0.291 e. The zero-order chi connectivity index (χ0) is 22.5. The van der Waals surface area contributed by atoms with Crippen LogP contribution in [0.3, 0.4) is 0 Å². The molecule has 2 N–H and O–H groups in total. The summed E-state index contributed by atoms with van der Waals surface area (Å²) in [6.45, 7) is 5.26. The van der Waals surface area contributed by atoms with E-state index in [1.165, 1.54) is 6.07 Å². The first-order valence-electron chi connectivity index (χ1n) is 9.81. The highest BCUT2D eigenvalue weighted by molar-refractivity contribution is 6.30. The molecular formula is C23H23ClN4O3. The van der Waals surface area contributed by atoms with E-state index in [0.717, 1.165) is 15.8 Å². The highest BCUT2D eigenvalue weighted by Gasteiger charge is 2.15. The first kappa shape index (κ1) is 22.2. The van der Waals surface area contributed by atoms with Gasteiger partial charge in [-0.1, -0.05) is 36.7 Å². The van der Waals surface area contributed by atoms with Gasteiger partial charge in [0.2, 0.25) is 11.8 Å². The van der Waals surface area contributed by atoms with E-state index in [9.17, 15) is 14.4 Å². The molecule has 2 amide bonds. The van der Waals surface area contributed by atoms with Crippen LogP contribution < -0.4 is 16.2 Å². The fraction of sp³-hybridized carbons (Fsp3) is 0.217. The van der Waals surface area contributed by atoms with Gasteiger partial charge in [-0.25, -0.2) is 4.68 Å². The third-order valence-corrected chi connectivity index (χ3v) is 4.76. The van der Waals surface area contributed by atoms with Crippen LogP contribution in [0, 0.1) is 13.8 Å². The summed E-state index contributed by atoms with van der Waals surface area (Å²) >= 11 is 5.96. The molecule has 3 rings (SSSR count). The second-order valence-corrected chi connectivity index (χ2v) is 7.68. The molecule has 7 nitrogen and oxygen atoms in total. The zero-order valence-corrected chi connectivity index (χ0v) is 18.3. The highest BCUT2D eigenvalue weighted by atomic mass is 35.5. The van der Waals surface area contributed by atoms with Crippen LogP contribution in [0.1, 0.15) is 24.5 Å². The molecule has 0 aliphatic carbocycles. The summed E-state index contributed by atoms with van der Waals surface area (Å²) in [5.74, 6) is -0.711. The van der Waals surface area contributed by atoms with E-state index in [1.807, 2.05) is 32.0 Å². The predicted molar refractivity (Wildman–Crippen MR) is 122 cm³/mol. The minimum absolute atomic E-state index is 0.0611. The standard InChI is InChI=1S/C23H23ClN4O3/c1-4-21(29)26-20-12-19(16-5-7-17(24)8-6-16)27-28(23(20)31)13-22(30)25-18-10-14(2)9-15(3)11-18/h5-12H,4,13H2,1-3H3,(H,25,30)(H,26,29). The van der Waals surface area contributed by atoms with Crippen molar-refractivity contribution in [2.75, 3.05) is 10.6 Å². The maximum atomic E-state index is 12.8. The van der Waals surface area contributed by atoms with Crippen molar-refractivity contribution in [3.63, 3.8) is 0 Å². The van der Waals surface area contributed by atoms with Crippen molar-refractivity contribution in [1.29, 1.82) is 0 Å². The van der Waals surface area contributed by atoms with E-state index in [2.05, 4.69) is 15.7 Å². The summed E-state index contributed by atoms with van der Waals surface area (Å²) in [4.78, 5) is 37.3. The maximum absolute atomic E-state index is 12.8. The van der Waals surface area contributed by atoms with Crippen molar-refractivity contribution in [3.05, 3.63) is 75.0 Å². The molecule has 160 valence electrons. The Hall–Kier alpha value is -3.45. The van der Waals surface area contributed by atoms with Crippen LogP contribution in [-0.4, -0.2) is 21.6 Å². The molecule has 3 aromatic rings. The Balaban J connectivity index is 1.95. The van der Waals surface area contributed by atoms with Crippen LogP contribution in [-0.2, 0) is 16.1 Å². The first-order valence-corrected chi connectivity index (χ1v) is 10.2. The molecule has 0 aliphatic rings. The van der Waals surface area contributed by atoms with Crippen LogP contribution >= 0.6 is 11.6 Å². The second kappa shape index (κ2) is 9.57. The fourth-order valence-electron chi connectivity index (χ4n) is 3.12. The van der Waals surface area contributed by atoms with Gasteiger partial charge in [0.05, 0.1) is 5.69 Å². The number of aromatic nitrogens is 2. The van der Waals surface area contributed by atoms with Crippen LogP contribution in [0.4, 0.5) is 11.4 Å². The molecule has 0 unspecified atom stereocenters. The number of amides is 2. The van der Waals surface area contributed by atoms with Gasteiger partial charge in [0, 0.05) is 22.7 Å². The molecule has 1 aromatic heterocycles. The number of aryl methyl sites for hydroxylation is 2. The normalized spacial score (nSPS) is 10.6. The second-order valence-electron chi connectivity index (χ2n) is 7.24. The Morgan fingerprint density at radius 1 is 0.968 bits per heavy atom. The molecule has 8 heteroatoms. The van der Waals surface area contributed by atoms with Gasteiger partial charge in [-0.3, -0.25) is 14.4 Å². The van der Waals surface area contributed by atoms with Gasteiger partial charge < -0.3 is 10.6 Å². The lowest BCUT2D eigenvalue weighted by molar-refractivity contribution is -0.117. The molecule has 0 aliphatic heterocycles. The Morgan fingerprint density at radius 3 is 2.23 bits per heavy atom. The van der Waals surface area contributed by atoms with E-state index in [4.69, 9.17) is 11.6 Å². The number of anilines is 2. The van der Waals surface area contributed by atoms with Crippen molar-refractivity contribution in [2.24, 2.45) is 0 Å². The molecule has 0 saturated carbocycles. The van der Waals surface area contributed by atoms with Gasteiger partial charge in [-0.05, 0) is 55.3 Å². The minimum Gasteiger partial charge on any atom is -0.324 e. The summed E-state index contributed by atoms with van der Waals surface area (Å²) in [6, 6.07) is 14.1. The Kier molecular flexibility index (Phi) is 6.87. The van der Waals surface area contributed by atoms with Crippen molar-refractivity contribution in [2.45, 2.75) is 33.7 Å². The lowest BCUT2D eigenvalue weighted by atomic mass is 10.1.